The highest BCUT2D eigenvalue weighted by Crippen LogP contribution is 2.32. The Balaban J connectivity index is 2.21. The molecule has 0 aromatic heterocycles. The van der Waals surface area contributed by atoms with Gasteiger partial charge in [-0.05, 0) is 42.0 Å². The number of phenolic OH excluding ortho intramolecular Hbond substituents is 1. The number of phenols is 1. The molecule has 0 saturated heterocycles. The van der Waals surface area contributed by atoms with E-state index in [1.165, 1.54) is 5.56 Å². The van der Waals surface area contributed by atoms with E-state index < -0.39 is 0 Å². The minimum atomic E-state index is 0.247. The number of allylic oxidation sites excluding steroid dienone is 1. The van der Waals surface area contributed by atoms with Crippen molar-refractivity contribution in [2.24, 2.45) is 0 Å². The number of benzene rings is 2. The Morgan fingerprint density at radius 3 is 2.50 bits per heavy atom. The Bertz CT molecular complexity index is 573. The predicted octanol–water partition coefficient (Wildman–Crippen LogP) is 3.91. The summed E-state index contributed by atoms with van der Waals surface area (Å²) in [6.07, 6.45) is 4.31. The number of aryl methyl sites for hydroxylation is 2. The van der Waals surface area contributed by atoms with E-state index in [1.807, 2.05) is 36.4 Å². The van der Waals surface area contributed by atoms with Gasteiger partial charge in [-0.2, -0.15) is 0 Å². The summed E-state index contributed by atoms with van der Waals surface area (Å²) in [5.41, 5.74) is 3.29. The van der Waals surface area contributed by atoms with Gasteiger partial charge < -0.3 is 9.84 Å². The van der Waals surface area contributed by atoms with Gasteiger partial charge in [-0.25, -0.2) is 0 Å². The van der Waals surface area contributed by atoms with E-state index in [0.29, 0.717) is 5.75 Å². The van der Waals surface area contributed by atoms with Crippen LogP contribution in [0.3, 0.4) is 0 Å². The van der Waals surface area contributed by atoms with Gasteiger partial charge in [-0.15, -0.1) is 6.58 Å². The number of hydrogen-bond donors (Lipinski definition) is 1. The minimum Gasteiger partial charge on any atom is -0.504 e. The van der Waals surface area contributed by atoms with Crippen LogP contribution in [-0.4, -0.2) is 12.2 Å². The molecule has 2 heteroatoms. The van der Waals surface area contributed by atoms with Gasteiger partial charge in [0.15, 0.2) is 11.5 Å². The molecule has 0 aliphatic rings. The molecule has 0 radical (unpaired) electrons. The number of methoxy groups -OCH3 is 1. The van der Waals surface area contributed by atoms with Crippen molar-refractivity contribution in [1.29, 1.82) is 0 Å². The Kier molecular flexibility index (Phi) is 4.83. The second kappa shape index (κ2) is 6.80. The quantitative estimate of drug-likeness (QED) is 0.805. The maximum Gasteiger partial charge on any atom is 0.161 e. The third kappa shape index (κ3) is 3.41. The SMILES string of the molecule is C=CCc1cc(CCc2ccccc2)c(O)c(OC)c1. The van der Waals surface area contributed by atoms with Crippen LogP contribution < -0.4 is 4.74 Å². The number of hydrogen-bond acceptors (Lipinski definition) is 2. The van der Waals surface area contributed by atoms with Crippen LogP contribution in [0, 0.1) is 0 Å². The van der Waals surface area contributed by atoms with Crippen molar-refractivity contribution >= 4 is 0 Å². The zero-order valence-electron chi connectivity index (χ0n) is 11.8. The summed E-state index contributed by atoms with van der Waals surface area (Å²) >= 11 is 0. The monoisotopic (exact) mass is 268 g/mol. The summed E-state index contributed by atoms with van der Waals surface area (Å²) in [4.78, 5) is 0. The summed E-state index contributed by atoms with van der Waals surface area (Å²) in [6, 6.07) is 14.2. The van der Waals surface area contributed by atoms with E-state index in [-0.39, 0.29) is 5.75 Å². The molecular weight excluding hydrogens is 248 g/mol. The maximum atomic E-state index is 10.2. The van der Waals surface area contributed by atoms with Gasteiger partial charge in [0.25, 0.3) is 0 Å². The van der Waals surface area contributed by atoms with Crippen LogP contribution in [0.2, 0.25) is 0 Å². The summed E-state index contributed by atoms with van der Waals surface area (Å²) < 4.78 is 5.24. The molecule has 0 amide bonds. The number of ether oxygens (including phenoxy) is 1. The lowest BCUT2D eigenvalue weighted by molar-refractivity contribution is 0.370. The predicted molar refractivity (Wildman–Crippen MR) is 82.4 cm³/mol. The third-order valence-corrected chi connectivity index (χ3v) is 3.34. The molecule has 2 nitrogen and oxygen atoms in total. The molecule has 104 valence electrons. The topological polar surface area (TPSA) is 29.5 Å². The third-order valence-electron chi connectivity index (χ3n) is 3.34. The lowest BCUT2D eigenvalue weighted by Gasteiger charge is -2.11. The summed E-state index contributed by atoms with van der Waals surface area (Å²) in [6.45, 7) is 3.75. The number of aromatic hydroxyl groups is 1. The first kappa shape index (κ1) is 14.2. The van der Waals surface area contributed by atoms with E-state index >= 15 is 0 Å². The Morgan fingerprint density at radius 2 is 1.85 bits per heavy atom. The van der Waals surface area contributed by atoms with Crippen molar-refractivity contribution in [3.63, 3.8) is 0 Å². The average molecular weight is 268 g/mol. The van der Waals surface area contributed by atoms with Crippen molar-refractivity contribution in [3.05, 3.63) is 71.8 Å². The zero-order chi connectivity index (χ0) is 14.4. The highest BCUT2D eigenvalue weighted by Gasteiger charge is 2.10. The molecule has 0 heterocycles. The van der Waals surface area contributed by atoms with Crippen LogP contribution in [0.5, 0.6) is 11.5 Å². The fourth-order valence-corrected chi connectivity index (χ4v) is 2.28. The lowest BCUT2D eigenvalue weighted by atomic mass is 10.00. The second-order valence-corrected chi connectivity index (χ2v) is 4.78. The average Bonchev–Trinajstić information content (AvgIpc) is 2.48. The molecule has 0 unspecified atom stereocenters. The van der Waals surface area contributed by atoms with Crippen molar-refractivity contribution < 1.29 is 9.84 Å². The Labute approximate surface area is 120 Å². The summed E-state index contributed by atoms with van der Waals surface area (Å²) in [5, 5.41) is 10.2. The van der Waals surface area contributed by atoms with E-state index in [4.69, 9.17) is 4.74 Å². The maximum absolute atomic E-state index is 10.2. The second-order valence-electron chi connectivity index (χ2n) is 4.78. The molecule has 0 aliphatic carbocycles. The molecule has 0 bridgehead atoms. The molecule has 0 atom stereocenters. The van der Waals surface area contributed by atoms with Gasteiger partial charge in [-0.1, -0.05) is 42.5 Å². The highest BCUT2D eigenvalue weighted by atomic mass is 16.5. The van der Waals surface area contributed by atoms with Crippen LogP contribution in [-0.2, 0) is 19.3 Å². The first-order valence-electron chi connectivity index (χ1n) is 6.78. The molecule has 0 saturated carbocycles. The van der Waals surface area contributed by atoms with E-state index in [1.54, 1.807) is 7.11 Å². The van der Waals surface area contributed by atoms with Crippen LogP contribution >= 0.6 is 0 Å². The van der Waals surface area contributed by atoms with Gasteiger partial charge in [0.1, 0.15) is 0 Å². The molecule has 2 aromatic rings. The van der Waals surface area contributed by atoms with Crippen molar-refractivity contribution in [3.8, 4) is 11.5 Å². The smallest absolute Gasteiger partial charge is 0.161 e. The molecule has 20 heavy (non-hydrogen) atoms. The van der Waals surface area contributed by atoms with E-state index in [0.717, 1.165) is 30.4 Å². The van der Waals surface area contributed by atoms with E-state index in [9.17, 15) is 5.11 Å². The standard InChI is InChI=1S/C18H20O2/c1-3-7-15-12-16(18(19)17(13-15)20-2)11-10-14-8-5-4-6-9-14/h3-6,8-9,12-13,19H,1,7,10-11H2,2H3. The molecule has 0 spiro atoms. The highest BCUT2D eigenvalue weighted by molar-refractivity contribution is 5.49. The first-order valence-corrected chi connectivity index (χ1v) is 6.78. The Morgan fingerprint density at radius 1 is 1.10 bits per heavy atom. The molecule has 2 aromatic carbocycles. The molecule has 0 fully saturated rings. The van der Waals surface area contributed by atoms with E-state index in [2.05, 4.69) is 18.7 Å². The molecule has 0 aliphatic heterocycles. The lowest BCUT2D eigenvalue weighted by Crippen LogP contribution is -1.96. The summed E-state index contributed by atoms with van der Waals surface area (Å²) in [7, 11) is 1.58. The van der Waals surface area contributed by atoms with Crippen LogP contribution in [0.4, 0.5) is 0 Å². The van der Waals surface area contributed by atoms with Gasteiger partial charge in [0.2, 0.25) is 0 Å². The zero-order valence-corrected chi connectivity index (χ0v) is 11.8. The normalized spacial score (nSPS) is 10.2. The fraction of sp³-hybridized carbons (Fsp3) is 0.222. The van der Waals surface area contributed by atoms with Crippen molar-refractivity contribution in [1.82, 2.24) is 0 Å². The van der Waals surface area contributed by atoms with Crippen LogP contribution in [0.1, 0.15) is 16.7 Å². The van der Waals surface area contributed by atoms with Crippen LogP contribution in [0.25, 0.3) is 0 Å². The van der Waals surface area contributed by atoms with Crippen molar-refractivity contribution in [2.75, 3.05) is 7.11 Å². The molecule has 2 rings (SSSR count). The van der Waals surface area contributed by atoms with Crippen molar-refractivity contribution in [2.45, 2.75) is 19.3 Å². The minimum absolute atomic E-state index is 0.247. The van der Waals surface area contributed by atoms with Crippen LogP contribution in [0.15, 0.2) is 55.1 Å². The molecular formula is C18H20O2. The first-order chi connectivity index (χ1) is 9.74. The molecule has 1 N–H and O–H groups in total. The van der Waals surface area contributed by atoms with Gasteiger partial charge >= 0.3 is 0 Å². The number of rotatable bonds is 6. The van der Waals surface area contributed by atoms with Gasteiger partial charge in [0.05, 0.1) is 7.11 Å². The Hall–Kier alpha value is -2.22. The van der Waals surface area contributed by atoms with Gasteiger partial charge in [-0.3, -0.25) is 0 Å². The van der Waals surface area contributed by atoms with Gasteiger partial charge in [0, 0.05) is 0 Å². The summed E-state index contributed by atoms with van der Waals surface area (Å²) in [5.74, 6) is 0.781. The fourth-order valence-electron chi connectivity index (χ4n) is 2.28. The largest absolute Gasteiger partial charge is 0.504 e.